The maximum absolute atomic E-state index is 10.4. The Kier molecular flexibility index (Phi) is 5.12. The second-order valence-corrected chi connectivity index (χ2v) is 4.33. The summed E-state index contributed by atoms with van der Waals surface area (Å²) < 4.78 is 0. The normalized spacial score (nSPS) is 11.6. The van der Waals surface area contributed by atoms with Crippen LogP contribution in [0.5, 0.6) is 0 Å². The van der Waals surface area contributed by atoms with Crippen LogP contribution in [0.1, 0.15) is 37.4 Å². The van der Waals surface area contributed by atoms with Gasteiger partial charge in [0.1, 0.15) is 5.82 Å². The van der Waals surface area contributed by atoms with Gasteiger partial charge in [-0.25, -0.2) is 4.98 Å². The Morgan fingerprint density at radius 1 is 1.61 bits per heavy atom. The molecule has 0 amide bonds. The minimum absolute atomic E-state index is 0.130. The van der Waals surface area contributed by atoms with Crippen LogP contribution in [0, 0.1) is 18.3 Å². The second-order valence-electron chi connectivity index (χ2n) is 4.33. The molecule has 5 nitrogen and oxygen atoms in total. The van der Waals surface area contributed by atoms with E-state index in [0.717, 1.165) is 12.1 Å². The van der Waals surface area contributed by atoms with Gasteiger partial charge in [-0.15, -0.1) is 0 Å². The highest BCUT2D eigenvalue weighted by atomic mass is 16.4. The largest absolute Gasteiger partial charge is 0.481 e. The van der Waals surface area contributed by atoms with Crippen LogP contribution >= 0.6 is 0 Å². The van der Waals surface area contributed by atoms with E-state index in [1.54, 1.807) is 12.1 Å². The summed E-state index contributed by atoms with van der Waals surface area (Å²) in [5, 5.41) is 20.6. The highest BCUT2D eigenvalue weighted by molar-refractivity contribution is 5.66. The molecule has 1 unspecified atom stereocenters. The zero-order valence-electron chi connectivity index (χ0n) is 10.6. The van der Waals surface area contributed by atoms with Gasteiger partial charge in [-0.2, -0.15) is 5.26 Å². The fourth-order valence-electron chi connectivity index (χ4n) is 1.69. The van der Waals surface area contributed by atoms with E-state index >= 15 is 0 Å². The van der Waals surface area contributed by atoms with Crippen LogP contribution in [0.15, 0.2) is 12.1 Å². The third-order valence-corrected chi connectivity index (χ3v) is 2.50. The Bertz CT molecular complexity index is 466. The van der Waals surface area contributed by atoms with Gasteiger partial charge in [0.05, 0.1) is 11.6 Å². The molecule has 1 heterocycles. The lowest BCUT2D eigenvalue weighted by Gasteiger charge is -2.14. The first kappa shape index (κ1) is 14.0. The van der Waals surface area contributed by atoms with Gasteiger partial charge in [0.15, 0.2) is 0 Å². The van der Waals surface area contributed by atoms with Crippen LogP contribution in [0.25, 0.3) is 0 Å². The first-order valence-electron chi connectivity index (χ1n) is 5.88. The van der Waals surface area contributed by atoms with E-state index < -0.39 is 5.97 Å². The van der Waals surface area contributed by atoms with Crippen LogP contribution in [0.4, 0.5) is 5.82 Å². The van der Waals surface area contributed by atoms with E-state index in [-0.39, 0.29) is 12.5 Å². The van der Waals surface area contributed by atoms with Crippen molar-refractivity contribution >= 4 is 11.8 Å². The molecule has 0 saturated heterocycles. The quantitative estimate of drug-likeness (QED) is 0.805. The Morgan fingerprint density at radius 3 is 2.94 bits per heavy atom. The van der Waals surface area contributed by atoms with Crippen LogP contribution in [0.3, 0.4) is 0 Å². The smallest absolute Gasteiger partial charge is 0.303 e. The number of pyridine rings is 1. The van der Waals surface area contributed by atoms with Crippen molar-refractivity contribution in [3.8, 4) is 6.07 Å². The molecule has 1 atom stereocenters. The number of nitrogens with one attached hydrogen (secondary N) is 1. The number of rotatable bonds is 6. The molecule has 0 aliphatic heterocycles. The van der Waals surface area contributed by atoms with Gasteiger partial charge in [-0.05, 0) is 38.8 Å². The van der Waals surface area contributed by atoms with Gasteiger partial charge in [-0.3, -0.25) is 4.79 Å². The Morgan fingerprint density at radius 2 is 2.33 bits per heavy atom. The Hall–Kier alpha value is -2.09. The predicted octanol–water partition coefficient (Wildman–Crippen LogP) is 2.32. The number of carboxylic acids is 1. The van der Waals surface area contributed by atoms with Crippen LogP contribution in [-0.4, -0.2) is 22.1 Å². The summed E-state index contributed by atoms with van der Waals surface area (Å²) in [4.78, 5) is 14.7. The van der Waals surface area contributed by atoms with Gasteiger partial charge >= 0.3 is 5.97 Å². The van der Waals surface area contributed by atoms with E-state index in [1.165, 1.54) is 0 Å². The summed E-state index contributed by atoms with van der Waals surface area (Å²) in [6.07, 6.45) is 1.56. The number of carbonyl (C=O) groups is 1. The van der Waals surface area contributed by atoms with E-state index in [2.05, 4.69) is 16.4 Å². The molecule has 0 bridgehead atoms. The average molecular weight is 247 g/mol. The Labute approximate surface area is 106 Å². The van der Waals surface area contributed by atoms with Gasteiger partial charge in [0.2, 0.25) is 0 Å². The van der Waals surface area contributed by atoms with Crippen LogP contribution in [0.2, 0.25) is 0 Å². The molecule has 1 rings (SSSR count). The van der Waals surface area contributed by atoms with E-state index in [1.807, 2.05) is 13.8 Å². The zero-order valence-corrected chi connectivity index (χ0v) is 10.6. The van der Waals surface area contributed by atoms with Crippen molar-refractivity contribution in [3.63, 3.8) is 0 Å². The molecule has 0 fully saturated rings. The summed E-state index contributed by atoms with van der Waals surface area (Å²) in [5.41, 5.74) is 1.36. The van der Waals surface area contributed by atoms with E-state index in [4.69, 9.17) is 10.4 Å². The number of aryl methyl sites for hydroxylation is 1. The van der Waals surface area contributed by atoms with E-state index in [0.29, 0.717) is 17.8 Å². The summed E-state index contributed by atoms with van der Waals surface area (Å²) in [6.45, 7) is 3.80. The molecule has 2 N–H and O–H groups in total. The zero-order chi connectivity index (χ0) is 13.5. The lowest BCUT2D eigenvalue weighted by molar-refractivity contribution is -0.137. The molecule has 0 aromatic carbocycles. The predicted molar refractivity (Wildman–Crippen MR) is 68.3 cm³/mol. The molecule has 1 aromatic heterocycles. The lowest BCUT2D eigenvalue weighted by Crippen LogP contribution is -2.16. The third kappa shape index (κ3) is 4.83. The van der Waals surface area contributed by atoms with E-state index in [9.17, 15) is 4.79 Å². The number of hydrogen-bond acceptors (Lipinski definition) is 4. The summed E-state index contributed by atoms with van der Waals surface area (Å²) in [6, 6.07) is 5.63. The molecule has 0 saturated carbocycles. The number of aliphatic carboxylic acids is 1. The standard InChI is InChI=1S/C13H17N3O2/c1-9(4-3-5-13(17)18)15-12-7-11(8-14)6-10(2)16-12/h6-7,9H,3-5H2,1-2H3,(H,15,16)(H,17,18). The molecule has 0 aliphatic rings. The van der Waals surface area contributed by atoms with Gasteiger partial charge in [0, 0.05) is 18.2 Å². The monoisotopic (exact) mass is 247 g/mol. The van der Waals surface area contributed by atoms with Crippen molar-refractivity contribution in [2.45, 2.75) is 39.2 Å². The second kappa shape index (κ2) is 6.60. The average Bonchev–Trinajstić information content (AvgIpc) is 2.27. The number of aromatic nitrogens is 1. The summed E-state index contributed by atoms with van der Waals surface area (Å²) >= 11 is 0. The number of hydrogen-bond donors (Lipinski definition) is 2. The first-order chi connectivity index (χ1) is 8.51. The highest BCUT2D eigenvalue weighted by Gasteiger charge is 2.06. The minimum atomic E-state index is -0.775. The SMILES string of the molecule is Cc1cc(C#N)cc(NC(C)CCCC(=O)O)n1. The maximum Gasteiger partial charge on any atom is 0.303 e. The molecule has 18 heavy (non-hydrogen) atoms. The van der Waals surface area contributed by atoms with Gasteiger partial charge in [-0.1, -0.05) is 0 Å². The van der Waals surface area contributed by atoms with Crippen molar-refractivity contribution in [2.75, 3.05) is 5.32 Å². The number of anilines is 1. The third-order valence-electron chi connectivity index (χ3n) is 2.50. The summed E-state index contributed by atoms with van der Waals surface area (Å²) in [5.74, 6) is -0.114. The minimum Gasteiger partial charge on any atom is -0.481 e. The van der Waals surface area contributed by atoms with Crippen molar-refractivity contribution in [1.29, 1.82) is 5.26 Å². The molecule has 1 aromatic rings. The molecule has 5 heteroatoms. The van der Waals surface area contributed by atoms with Crippen molar-refractivity contribution < 1.29 is 9.90 Å². The molecular formula is C13H17N3O2. The maximum atomic E-state index is 10.4. The fourth-order valence-corrected chi connectivity index (χ4v) is 1.69. The van der Waals surface area contributed by atoms with Crippen molar-refractivity contribution in [2.24, 2.45) is 0 Å². The molecule has 0 radical (unpaired) electrons. The highest BCUT2D eigenvalue weighted by Crippen LogP contribution is 2.12. The van der Waals surface area contributed by atoms with Gasteiger partial charge < -0.3 is 10.4 Å². The van der Waals surface area contributed by atoms with Crippen molar-refractivity contribution in [1.82, 2.24) is 4.98 Å². The first-order valence-corrected chi connectivity index (χ1v) is 5.88. The number of nitriles is 1. The number of nitrogens with zero attached hydrogens (tertiary/aromatic N) is 2. The topological polar surface area (TPSA) is 86.0 Å². The molecule has 0 aliphatic carbocycles. The summed E-state index contributed by atoms with van der Waals surface area (Å²) in [7, 11) is 0. The molecule has 96 valence electrons. The van der Waals surface area contributed by atoms with Crippen LogP contribution < -0.4 is 5.32 Å². The fraction of sp³-hybridized carbons (Fsp3) is 0.462. The van der Waals surface area contributed by atoms with Crippen LogP contribution in [-0.2, 0) is 4.79 Å². The van der Waals surface area contributed by atoms with Gasteiger partial charge in [0.25, 0.3) is 0 Å². The molecular weight excluding hydrogens is 230 g/mol. The molecule has 0 spiro atoms. The Balaban J connectivity index is 2.54. The lowest BCUT2D eigenvalue weighted by atomic mass is 10.1. The number of carboxylic acid groups (broad SMARTS) is 1. The van der Waals surface area contributed by atoms with Crippen molar-refractivity contribution in [3.05, 3.63) is 23.4 Å².